The van der Waals surface area contributed by atoms with Crippen LogP contribution in [0.2, 0.25) is 0 Å². The summed E-state index contributed by atoms with van der Waals surface area (Å²) < 4.78 is 5.32. The molecule has 142 valence electrons. The predicted octanol–water partition coefficient (Wildman–Crippen LogP) is 3.09. The number of hydrazone groups is 1. The van der Waals surface area contributed by atoms with Crippen LogP contribution in [0.3, 0.4) is 0 Å². The van der Waals surface area contributed by atoms with Crippen molar-refractivity contribution in [2.45, 2.75) is 19.8 Å². The summed E-state index contributed by atoms with van der Waals surface area (Å²) in [6.07, 6.45) is 2.05. The standard InChI is InChI=1S/C22H21N3O3/c1-15(18-13-17-8-3-5-11-20(17)28-22(18)27)23-24-21(26)14-25-12-6-9-16-7-2-4-10-19(16)25/h2-5,7-8,10-11,13H,6,9,12,14H2,1H3,(H,24,26)/b23-15-. The summed E-state index contributed by atoms with van der Waals surface area (Å²) in [5, 5.41) is 4.92. The lowest BCUT2D eigenvalue weighted by Gasteiger charge is -2.30. The van der Waals surface area contributed by atoms with E-state index in [2.05, 4.69) is 21.5 Å². The molecule has 4 rings (SSSR count). The van der Waals surface area contributed by atoms with Gasteiger partial charge in [0, 0.05) is 17.6 Å². The van der Waals surface area contributed by atoms with E-state index in [1.165, 1.54) is 5.56 Å². The lowest BCUT2D eigenvalue weighted by Crippen LogP contribution is -2.38. The summed E-state index contributed by atoms with van der Waals surface area (Å²) in [7, 11) is 0. The lowest BCUT2D eigenvalue weighted by molar-refractivity contribution is -0.119. The number of fused-ring (bicyclic) bond motifs is 2. The molecular weight excluding hydrogens is 354 g/mol. The molecule has 2 heterocycles. The molecule has 28 heavy (non-hydrogen) atoms. The lowest BCUT2D eigenvalue weighted by atomic mass is 10.0. The average molecular weight is 375 g/mol. The molecule has 0 saturated carbocycles. The van der Waals surface area contributed by atoms with E-state index in [1.807, 2.05) is 36.4 Å². The van der Waals surface area contributed by atoms with Crippen LogP contribution in [0.25, 0.3) is 11.0 Å². The fourth-order valence-corrected chi connectivity index (χ4v) is 3.51. The van der Waals surface area contributed by atoms with Gasteiger partial charge in [-0.3, -0.25) is 4.79 Å². The number of amides is 1. The highest BCUT2D eigenvalue weighted by Gasteiger charge is 2.18. The fourth-order valence-electron chi connectivity index (χ4n) is 3.51. The first kappa shape index (κ1) is 18.0. The maximum Gasteiger partial charge on any atom is 0.345 e. The molecule has 6 heteroatoms. The van der Waals surface area contributed by atoms with Crippen LogP contribution in [0.5, 0.6) is 0 Å². The van der Waals surface area contributed by atoms with Crippen molar-refractivity contribution in [3.8, 4) is 0 Å². The van der Waals surface area contributed by atoms with Gasteiger partial charge in [-0.25, -0.2) is 10.2 Å². The number of anilines is 1. The molecule has 0 radical (unpaired) electrons. The second kappa shape index (κ2) is 7.68. The molecule has 0 unspecified atom stereocenters. The van der Waals surface area contributed by atoms with Crippen molar-refractivity contribution < 1.29 is 9.21 Å². The summed E-state index contributed by atoms with van der Waals surface area (Å²) in [4.78, 5) is 26.7. The first-order valence-corrected chi connectivity index (χ1v) is 9.31. The molecule has 0 spiro atoms. The summed E-state index contributed by atoms with van der Waals surface area (Å²) in [6, 6.07) is 17.2. The van der Waals surface area contributed by atoms with E-state index < -0.39 is 5.63 Å². The summed E-state index contributed by atoms with van der Waals surface area (Å²) >= 11 is 0. The number of nitrogens with one attached hydrogen (secondary N) is 1. The van der Waals surface area contributed by atoms with Crippen molar-refractivity contribution >= 4 is 28.3 Å². The fraction of sp³-hybridized carbons (Fsp3) is 0.227. The van der Waals surface area contributed by atoms with E-state index in [9.17, 15) is 9.59 Å². The molecule has 6 nitrogen and oxygen atoms in total. The molecule has 0 saturated heterocycles. The Morgan fingerprint density at radius 3 is 2.86 bits per heavy atom. The first-order chi connectivity index (χ1) is 13.6. The Bertz CT molecular complexity index is 1120. The Morgan fingerprint density at radius 1 is 1.18 bits per heavy atom. The van der Waals surface area contributed by atoms with Crippen LogP contribution in [0.15, 0.2) is 68.9 Å². The van der Waals surface area contributed by atoms with Crippen molar-refractivity contribution in [2.75, 3.05) is 18.0 Å². The minimum absolute atomic E-state index is 0.221. The van der Waals surface area contributed by atoms with Gasteiger partial charge in [0.05, 0.1) is 17.8 Å². The van der Waals surface area contributed by atoms with Gasteiger partial charge in [0.1, 0.15) is 5.58 Å². The zero-order valence-electron chi connectivity index (χ0n) is 15.6. The monoisotopic (exact) mass is 375 g/mol. The Hall–Kier alpha value is -3.41. The Labute approximate surface area is 162 Å². The summed E-state index contributed by atoms with van der Waals surface area (Å²) in [5.74, 6) is -0.221. The zero-order chi connectivity index (χ0) is 19.5. The number of hydrogen-bond acceptors (Lipinski definition) is 5. The second-order valence-corrected chi connectivity index (χ2v) is 6.87. The van der Waals surface area contributed by atoms with Gasteiger partial charge in [-0.2, -0.15) is 5.10 Å². The topological polar surface area (TPSA) is 74.9 Å². The highest BCUT2D eigenvalue weighted by atomic mass is 16.4. The molecule has 3 aromatic rings. The van der Waals surface area contributed by atoms with Crippen molar-refractivity contribution in [3.63, 3.8) is 0 Å². The molecule has 1 aliphatic heterocycles. The molecule has 0 aliphatic carbocycles. The Morgan fingerprint density at radius 2 is 1.96 bits per heavy atom. The molecule has 0 atom stereocenters. The largest absolute Gasteiger partial charge is 0.422 e. The Kier molecular flexibility index (Phi) is 4.93. The molecule has 0 fully saturated rings. The number of aryl methyl sites for hydroxylation is 1. The number of benzene rings is 2. The third-order valence-corrected chi connectivity index (χ3v) is 4.92. The van der Waals surface area contributed by atoms with Crippen LogP contribution >= 0.6 is 0 Å². The van der Waals surface area contributed by atoms with Gasteiger partial charge >= 0.3 is 5.63 Å². The zero-order valence-corrected chi connectivity index (χ0v) is 15.6. The average Bonchev–Trinajstić information content (AvgIpc) is 2.72. The molecule has 0 bridgehead atoms. The molecule has 2 aromatic carbocycles. The molecule has 1 aliphatic rings. The minimum atomic E-state index is -0.473. The van der Waals surface area contributed by atoms with Crippen LogP contribution in [0.4, 0.5) is 5.69 Å². The smallest absolute Gasteiger partial charge is 0.345 e. The van der Waals surface area contributed by atoms with Crippen LogP contribution in [0, 0.1) is 0 Å². The van der Waals surface area contributed by atoms with Gasteiger partial charge in [0.15, 0.2) is 0 Å². The number of nitrogens with zero attached hydrogens (tertiary/aromatic N) is 2. The Balaban J connectivity index is 1.48. The highest BCUT2D eigenvalue weighted by Crippen LogP contribution is 2.26. The van der Waals surface area contributed by atoms with Gasteiger partial charge in [0.25, 0.3) is 5.91 Å². The highest BCUT2D eigenvalue weighted by molar-refractivity contribution is 6.01. The van der Waals surface area contributed by atoms with E-state index in [4.69, 9.17) is 4.42 Å². The van der Waals surface area contributed by atoms with Crippen LogP contribution < -0.4 is 16.0 Å². The predicted molar refractivity (Wildman–Crippen MR) is 110 cm³/mol. The molecule has 1 N–H and O–H groups in total. The van der Waals surface area contributed by atoms with Crippen molar-refractivity contribution in [2.24, 2.45) is 5.10 Å². The van der Waals surface area contributed by atoms with Gasteiger partial charge in [0.2, 0.25) is 0 Å². The third-order valence-electron chi connectivity index (χ3n) is 4.92. The van der Waals surface area contributed by atoms with E-state index >= 15 is 0 Å². The van der Waals surface area contributed by atoms with Crippen molar-refractivity contribution in [1.29, 1.82) is 0 Å². The normalized spacial score (nSPS) is 14.0. The van der Waals surface area contributed by atoms with Crippen molar-refractivity contribution in [3.05, 3.63) is 76.1 Å². The van der Waals surface area contributed by atoms with Gasteiger partial charge in [-0.15, -0.1) is 0 Å². The number of carbonyl (C=O) groups is 1. The van der Waals surface area contributed by atoms with Crippen LogP contribution in [0.1, 0.15) is 24.5 Å². The minimum Gasteiger partial charge on any atom is -0.422 e. The summed E-state index contributed by atoms with van der Waals surface area (Å²) in [5.41, 5.74) is 5.71. The second-order valence-electron chi connectivity index (χ2n) is 6.87. The number of hydrogen-bond donors (Lipinski definition) is 1. The van der Waals surface area contributed by atoms with E-state index in [1.54, 1.807) is 19.1 Å². The summed E-state index contributed by atoms with van der Waals surface area (Å²) in [6.45, 7) is 2.74. The number of para-hydroxylation sites is 2. The SMILES string of the molecule is C/C(=N/NC(=O)CN1CCCc2ccccc21)c1cc2ccccc2oc1=O. The van der Waals surface area contributed by atoms with E-state index in [-0.39, 0.29) is 12.5 Å². The maximum absolute atomic E-state index is 12.4. The maximum atomic E-state index is 12.4. The van der Waals surface area contributed by atoms with Gasteiger partial charge < -0.3 is 9.32 Å². The van der Waals surface area contributed by atoms with E-state index in [0.717, 1.165) is 30.5 Å². The molecule has 1 aromatic heterocycles. The van der Waals surface area contributed by atoms with Gasteiger partial charge in [-0.1, -0.05) is 36.4 Å². The number of carbonyl (C=O) groups excluding carboxylic acids is 1. The van der Waals surface area contributed by atoms with Crippen molar-refractivity contribution in [1.82, 2.24) is 5.43 Å². The molecular formula is C22H21N3O3. The molecule has 1 amide bonds. The quantitative estimate of drug-likeness (QED) is 0.432. The van der Waals surface area contributed by atoms with E-state index in [0.29, 0.717) is 16.9 Å². The van der Waals surface area contributed by atoms with Crippen LogP contribution in [-0.2, 0) is 11.2 Å². The first-order valence-electron chi connectivity index (χ1n) is 9.31. The number of rotatable bonds is 4. The third kappa shape index (κ3) is 3.67. The van der Waals surface area contributed by atoms with Gasteiger partial charge in [-0.05, 0) is 43.5 Å². The van der Waals surface area contributed by atoms with Crippen LogP contribution in [-0.4, -0.2) is 24.7 Å².